The number of benzene rings is 1. The fourth-order valence-electron chi connectivity index (χ4n) is 3.41. The van der Waals surface area contributed by atoms with E-state index in [9.17, 15) is 9.50 Å². The Labute approximate surface area is 153 Å². The van der Waals surface area contributed by atoms with E-state index in [-0.39, 0.29) is 12.2 Å². The Morgan fingerprint density at radius 3 is 2.54 bits per heavy atom. The highest BCUT2D eigenvalue weighted by Crippen LogP contribution is 2.21. The zero-order valence-electron chi connectivity index (χ0n) is 15.2. The van der Waals surface area contributed by atoms with Gasteiger partial charge in [-0.25, -0.2) is 4.39 Å². The maximum absolute atomic E-state index is 12.2. The van der Waals surface area contributed by atoms with Crippen LogP contribution in [-0.4, -0.2) is 64.6 Å². The molecule has 7 heteroatoms. The minimum absolute atomic E-state index is 0.187. The SMILES string of the molecule is CC1CN(CC(O)Cn2ccc(-c3ccc(OCF)cc3)n2)CC(C)O1. The van der Waals surface area contributed by atoms with Crippen LogP contribution in [0.15, 0.2) is 36.5 Å². The summed E-state index contributed by atoms with van der Waals surface area (Å²) in [5.41, 5.74) is 1.72. The predicted octanol–water partition coefficient (Wildman–Crippen LogP) is 2.33. The Bertz CT molecular complexity index is 682. The molecule has 1 aliphatic rings. The number of hydrogen-bond donors (Lipinski definition) is 1. The van der Waals surface area contributed by atoms with Gasteiger partial charge >= 0.3 is 0 Å². The highest BCUT2D eigenvalue weighted by atomic mass is 19.1. The summed E-state index contributed by atoms with van der Waals surface area (Å²) >= 11 is 0. The number of ether oxygens (including phenoxy) is 2. The van der Waals surface area contributed by atoms with Gasteiger partial charge in [0.1, 0.15) is 5.75 Å². The lowest BCUT2D eigenvalue weighted by molar-refractivity contribution is -0.0774. The number of nitrogens with zero attached hydrogens (tertiary/aromatic N) is 3. The molecular formula is C19H26FN3O3. The topological polar surface area (TPSA) is 59.8 Å². The molecule has 1 aromatic heterocycles. The van der Waals surface area contributed by atoms with Gasteiger partial charge in [-0.3, -0.25) is 9.58 Å². The number of halogens is 1. The van der Waals surface area contributed by atoms with Crippen LogP contribution >= 0.6 is 0 Å². The normalized spacial score (nSPS) is 22.3. The summed E-state index contributed by atoms with van der Waals surface area (Å²) in [6.45, 7) is 5.97. The molecule has 6 nitrogen and oxygen atoms in total. The molecule has 3 rings (SSSR count). The van der Waals surface area contributed by atoms with Gasteiger partial charge in [0.15, 0.2) is 0 Å². The van der Waals surface area contributed by atoms with Crippen molar-refractivity contribution >= 4 is 0 Å². The highest BCUT2D eigenvalue weighted by Gasteiger charge is 2.24. The number of aliphatic hydroxyl groups is 1. The smallest absolute Gasteiger partial charge is 0.228 e. The first-order valence-corrected chi connectivity index (χ1v) is 8.92. The number of β-amino-alcohol motifs (C(OH)–C–C–N with tert-alkyl or cyclic N) is 1. The molecule has 1 aliphatic heterocycles. The van der Waals surface area contributed by atoms with Crippen LogP contribution in [0.5, 0.6) is 5.75 Å². The number of alkyl halides is 1. The van der Waals surface area contributed by atoms with Crippen molar-refractivity contribution in [2.24, 2.45) is 0 Å². The molecule has 1 N–H and O–H groups in total. The molecule has 3 unspecified atom stereocenters. The van der Waals surface area contributed by atoms with Gasteiger partial charge in [-0.2, -0.15) is 5.10 Å². The molecular weight excluding hydrogens is 337 g/mol. The fourth-order valence-corrected chi connectivity index (χ4v) is 3.41. The van der Waals surface area contributed by atoms with Crippen molar-refractivity contribution in [3.63, 3.8) is 0 Å². The van der Waals surface area contributed by atoms with Crippen molar-refractivity contribution < 1.29 is 19.0 Å². The first-order valence-electron chi connectivity index (χ1n) is 8.92. The van der Waals surface area contributed by atoms with E-state index in [2.05, 4.69) is 23.8 Å². The van der Waals surface area contributed by atoms with Gasteiger partial charge in [-0.05, 0) is 44.2 Å². The summed E-state index contributed by atoms with van der Waals surface area (Å²) in [6.07, 6.45) is 1.73. The maximum atomic E-state index is 12.2. The summed E-state index contributed by atoms with van der Waals surface area (Å²) in [5.74, 6) is 0.486. The van der Waals surface area contributed by atoms with Crippen LogP contribution in [0.25, 0.3) is 11.3 Å². The zero-order chi connectivity index (χ0) is 18.5. The van der Waals surface area contributed by atoms with Crippen molar-refractivity contribution in [3.8, 4) is 17.0 Å². The third-order valence-corrected chi connectivity index (χ3v) is 4.37. The first-order chi connectivity index (χ1) is 12.5. The van der Waals surface area contributed by atoms with E-state index in [1.807, 2.05) is 24.4 Å². The van der Waals surface area contributed by atoms with Crippen LogP contribution in [0, 0.1) is 0 Å². The minimum Gasteiger partial charge on any atom is -0.463 e. The number of morpholine rings is 1. The van der Waals surface area contributed by atoms with Crippen LogP contribution in [0.3, 0.4) is 0 Å². The second-order valence-electron chi connectivity index (χ2n) is 6.83. The Morgan fingerprint density at radius 1 is 1.19 bits per heavy atom. The quantitative estimate of drug-likeness (QED) is 0.818. The predicted molar refractivity (Wildman–Crippen MR) is 96.7 cm³/mol. The first kappa shape index (κ1) is 18.8. The largest absolute Gasteiger partial charge is 0.463 e. The third kappa shape index (κ3) is 5.03. The van der Waals surface area contributed by atoms with Crippen LogP contribution in [-0.2, 0) is 11.3 Å². The average molecular weight is 363 g/mol. The number of hydrogen-bond acceptors (Lipinski definition) is 5. The Hall–Kier alpha value is -1.96. The molecule has 2 aromatic rings. The van der Waals surface area contributed by atoms with Crippen LogP contribution in [0.4, 0.5) is 4.39 Å². The second kappa shape index (κ2) is 8.62. The van der Waals surface area contributed by atoms with Crippen LogP contribution in [0.2, 0.25) is 0 Å². The van der Waals surface area contributed by atoms with Crippen molar-refractivity contribution in [2.75, 3.05) is 26.5 Å². The van der Waals surface area contributed by atoms with Crippen molar-refractivity contribution in [2.45, 2.75) is 38.7 Å². The molecule has 0 amide bonds. The van der Waals surface area contributed by atoms with Crippen molar-refractivity contribution in [1.29, 1.82) is 0 Å². The van der Waals surface area contributed by atoms with Gasteiger partial charge < -0.3 is 14.6 Å². The molecule has 0 radical (unpaired) electrons. The third-order valence-electron chi connectivity index (χ3n) is 4.37. The van der Waals surface area contributed by atoms with E-state index in [4.69, 9.17) is 9.47 Å². The number of aromatic nitrogens is 2. The van der Waals surface area contributed by atoms with Gasteiger partial charge in [0.2, 0.25) is 6.86 Å². The summed E-state index contributed by atoms with van der Waals surface area (Å²) in [6, 6.07) is 9.00. The van der Waals surface area contributed by atoms with Crippen molar-refractivity contribution in [3.05, 3.63) is 36.5 Å². The van der Waals surface area contributed by atoms with Gasteiger partial charge in [-0.15, -0.1) is 0 Å². The Balaban J connectivity index is 1.55. The standard InChI is InChI=1S/C19H26FN3O3/c1-14-9-22(10-15(2)26-14)11-17(24)12-23-8-7-19(21-23)16-3-5-18(6-4-16)25-13-20/h3-8,14-15,17,24H,9-13H2,1-2H3. The van der Waals surface area contributed by atoms with E-state index in [1.165, 1.54) is 0 Å². The maximum Gasteiger partial charge on any atom is 0.228 e. The molecule has 0 aliphatic carbocycles. The van der Waals surface area contributed by atoms with Gasteiger partial charge in [0.05, 0.1) is 30.6 Å². The van der Waals surface area contributed by atoms with Gasteiger partial charge in [0, 0.05) is 31.4 Å². The Morgan fingerprint density at radius 2 is 1.88 bits per heavy atom. The van der Waals surface area contributed by atoms with E-state index < -0.39 is 13.0 Å². The van der Waals surface area contributed by atoms with E-state index in [0.29, 0.717) is 18.8 Å². The second-order valence-corrected chi connectivity index (χ2v) is 6.83. The molecule has 1 saturated heterocycles. The van der Waals surface area contributed by atoms with E-state index in [0.717, 1.165) is 24.3 Å². The summed E-state index contributed by atoms with van der Waals surface area (Å²) < 4.78 is 24.4. The minimum atomic E-state index is -0.841. The zero-order valence-corrected chi connectivity index (χ0v) is 15.2. The molecule has 2 heterocycles. The van der Waals surface area contributed by atoms with E-state index >= 15 is 0 Å². The molecule has 0 spiro atoms. The summed E-state index contributed by atoms with van der Waals surface area (Å²) in [4.78, 5) is 2.23. The molecule has 26 heavy (non-hydrogen) atoms. The lowest BCUT2D eigenvalue weighted by Crippen LogP contribution is -2.48. The van der Waals surface area contributed by atoms with E-state index in [1.54, 1.807) is 16.8 Å². The Kier molecular flexibility index (Phi) is 6.24. The monoisotopic (exact) mass is 363 g/mol. The van der Waals surface area contributed by atoms with Gasteiger partial charge in [-0.1, -0.05) is 0 Å². The lowest BCUT2D eigenvalue weighted by Gasteiger charge is -2.36. The van der Waals surface area contributed by atoms with Crippen LogP contribution < -0.4 is 4.74 Å². The molecule has 0 bridgehead atoms. The molecule has 1 fully saturated rings. The highest BCUT2D eigenvalue weighted by molar-refractivity contribution is 5.59. The number of aliphatic hydroxyl groups excluding tert-OH is 1. The van der Waals surface area contributed by atoms with Crippen molar-refractivity contribution in [1.82, 2.24) is 14.7 Å². The lowest BCUT2D eigenvalue weighted by atomic mass is 10.1. The average Bonchev–Trinajstić information content (AvgIpc) is 3.03. The van der Waals surface area contributed by atoms with Gasteiger partial charge in [0.25, 0.3) is 0 Å². The summed E-state index contributed by atoms with van der Waals surface area (Å²) in [5, 5.41) is 14.9. The molecule has 1 aromatic carbocycles. The van der Waals surface area contributed by atoms with Crippen LogP contribution in [0.1, 0.15) is 13.8 Å². The fraction of sp³-hybridized carbons (Fsp3) is 0.526. The molecule has 142 valence electrons. The molecule has 3 atom stereocenters. The molecule has 0 saturated carbocycles. The number of rotatable bonds is 7. The summed E-state index contributed by atoms with van der Waals surface area (Å²) in [7, 11) is 0.